The van der Waals surface area contributed by atoms with Crippen LogP contribution in [-0.4, -0.2) is 75.0 Å². The molecule has 0 saturated carbocycles. The smallest absolute Gasteiger partial charge is 0.407 e. The molecule has 164 valence electrons. The average Bonchev–Trinajstić information content (AvgIpc) is 2.67. The molecule has 2 aromatic rings. The molecule has 0 unspecified atom stereocenters. The van der Waals surface area contributed by atoms with Crippen LogP contribution in [0.1, 0.15) is 26.3 Å². The van der Waals surface area contributed by atoms with Gasteiger partial charge in [0.05, 0.1) is 35.3 Å². The molecule has 3 rings (SSSR count). The minimum atomic E-state index is -0.945. The Kier molecular flexibility index (Phi) is 6.69. The highest BCUT2D eigenvalue weighted by Gasteiger charge is 2.31. The number of rotatable bonds is 5. The molecule has 1 atom stereocenters. The van der Waals surface area contributed by atoms with Crippen LogP contribution in [-0.2, 0) is 18.2 Å². The number of nitrogens with zero attached hydrogens (tertiary/aromatic N) is 4. The fraction of sp³-hybridized carbons (Fsp3) is 0.571. The van der Waals surface area contributed by atoms with Crippen LogP contribution < -0.4 is 5.56 Å². The minimum Gasteiger partial charge on any atom is -0.465 e. The second kappa shape index (κ2) is 8.91. The van der Waals surface area contributed by atoms with E-state index in [1.807, 2.05) is 20.8 Å². The van der Waals surface area contributed by atoms with Gasteiger partial charge in [0.2, 0.25) is 0 Å². The molecule has 0 bridgehead atoms. The molecule has 0 aliphatic carbocycles. The third-order valence-corrected chi connectivity index (χ3v) is 5.84. The van der Waals surface area contributed by atoms with Crippen molar-refractivity contribution in [3.05, 3.63) is 39.3 Å². The van der Waals surface area contributed by atoms with Crippen LogP contribution in [0.15, 0.2) is 23.1 Å². The fourth-order valence-electron chi connectivity index (χ4n) is 3.85. The summed E-state index contributed by atoms with van der Waals surface area (Å²) in [6.07, 6.45) is 1.14. The third kappa shape index (κ3) is 4.94. The zero-order chi connectivity index (χ0) is 22.1. The Labute approximate surface area is 181 Å². The number of morpholine rings is 1. The van der Waals surface area contributed by atoms with Crippen LogP contribution in [0.2, 0.25) is 5.02 Å². The van der Waals surface area contributed by atoms with Crippen molar-refractivity contribution in [3.8, 4) is 0 Å². The number of hydrogen-bond acceptors (Lipinski definition) is 5. The standard InChI is InChI=1S/C21H29ClN4O4/c1-21(2,3)26(20(28)29)13-14-12-25(9-10-30-14)8-7-15-16(22)11-23-17-5-6-18(27)24(4)19(15)17/h5-6,11,14H,7-10,12-13H2,1-4H3,(H,28,29)/t14-/m0/s1. The summed E-state index contributed by atoms with van der Waals surface area (Å²) in [5, 5.41) is 10.1. The SMILES string of the molecule is Cn1c(=O)ccc2ncc(Cl)c(CCN3CCO[C@H](CN(C(=O)O)C(C)(C)C)C3)c21. The second-order valence-electron chi connectivity index (χ2n) is 8.66. The van der Waals surface area contributed by atoms with Crippen molar-refractivity contribution < 1.29 is 14.6 Å². The number of aryl methyl sites for hydroxylation is 1. The van der Waals surface area contributed by atoms with E-state index in [-0.39, 0.29) is 11.7 Å². The summed E-state index contributed by atoms with van der Waals surface area (Å²) >= 11 is 6.43. The number of pyridine rings is 2. The van der Waals surface area contributed by atoms with Gasteiger partial charge in [-0.15, -0.1) is 0 Å². The van der Waals surface area contributed by atoms with Crippen molar-refractivity contribution in [1.29, 1.82) is 0 Å². The van der Waals surface area contributed by atoms with E-state index < -0.39 is 11.6 Å². The van der Waals surface area contributed by atoms with E-state index in [2.05, 4.69) is 9.88 Å². The lowest BCUT2D eigenvalue weighted by atomic mass is 10.1. The lowest BCUT2D eigenvalue weighted by Crippen LogP contribution is -2.53. The Bertz CT molecular complexity index is 985. The molecule has 3 heterocycles. The molecule has 2 aromatic heterocycles. The number of aromatic nitrogens is 2. The summed E-state index contributed by atoms with van der Waals surface area (Å²) in [7, 11) is 1.73. The quantitative estimate of drug-likeness (QED) is 0.775. The maximum Gasteiger partial charge on any atom is 0.407 e. The normalized spacial score (nSPS) is 18.0. The Hall–Kier alpha value is -2.16. The van der Waals surface area contributed by atoms with Crippen LogP contribution in [0.25, 0.3) is 11.0 Å². The van der Waals surface area contributed by atoms with Crippen molar-refractivity contribution in [3.63, 3.8) is 0 Å². The summed E-state index contributed by atoms with van der Waals surface area (Å²) in [6, 6.07) is 3.22. The van der Waals surface area contributed by atoms with Crippen LogP contribution in [0.3, 0.4) is 0 Å². The molecular formula is C21H29ClN4O4. The summed E-state index contributed by atoms with van der Waals surface area (Å²) in [5.74, 6) is 0. The predicted molar refractivity (Wildman–Crippen MR) is 116 cm³/mol. The Morgan fingerprint density at radius 3 is 2.80 bits per heavy atom. The zero-order valence-corrected chi connectivity index (χ0v) is 18.6. The number of carbonyl (C=O) groups is 1. The lowest BCUT2D eigenvalue weighted by molar-refractivity contribution is -0.0499. The van der Waals surface area contributed by atoms with Crippen molar-refractivity contribution in [2.75, 3.05) is 32.8 Å². The first-order valence-corrected chi connectivity index (χ1v) is 10.4. The molecule has 8 nitrogen and oxygen atoms in total. The van der Waals surface area contributed by atoms with Crippen LogP contribution in [0.5, 0.6) is 0 Å². The highest BCUT2D eigenvalue weighted by molar-refractivity contribution is 6.32. The predicted octanol–water partition coefficient (Wildman–Crippen LogP) is 2.61. The van der Waals surface area contributed by atoms with Gasteiger partial charge in [-0.2, -0.15) is 0 Å². The van der Waals surface area contributed by atoms with E-state index in [1.54, 1.807) is 23.9 Å². The maximum absolute atomic E-state index is 12.1. The van der Waals surface area contributed by atoms with Gasteiger partial charge in [-0.05, 0) is 38.8 Å². The van der Waals surface area contributed by atoms with Crippen molar-refractivity contribution in [1.82, 2.24) is 19.4 Å². The van der Waals surface area contributed by atoms with Gasteiger partial charge in [0, 0.05) is 44.5 Å². The number of hydrogen-bond donors (Lipinski definition) is 1. The van der Waals surface area contributed by atoms with Gasteiger partial charge >= 0.3 is 6.09 Å². The Balaban J connectivity index is 1.72. The Morgan fingerprint density at radius 2 is 2.13 bits per heavy atom. The summed E-state index contributed by atoms with van der Waals surface area (Å²) in [6.45, 7) is 8.63. The highest BCUT2D eigenvalue weighted by atomic mass is 35.5. The molecule has 1 N–H and O–H groups in total. The molecule has 1 amide bonds. The van der Waals surface area contributed by atoms with Gasteiger partial charge in [0.1, 0.15) is 0 Å². The lowest BCUT2D eigenvalue weighted by Gasteiger charge is -2.39. The van der Waals surface area contributed by atoms with E-state index in [0.717, 1.165) is 29.7 Å². The van der Waals surface area contributed by atoms with E-state index in [4.69, 9.17) is 16.3 Å². The number of ether oxygens (including phenoxy) is 1. The third-order valence-electron chi connectivity index (χ3n) is 5.51. The van der Waals surface area contributed by atoms with E-state index in [1.165, 1.54) is 11.0 Å². The largest absolute Gasteiger partial charge is 0.465 e. The highest BCUT2D eigenvalue weighted by Crippen LogP contribution is 2.24. The first-order valence-electron chi connectivity index (χ1n) is 10.1. The van der Waals surface area contributed by atoms with Crippen molar-refractivity contribution in [2.24, 2.45) is 7.05 Å². The van der Waals surface area contributed by atoms with Gasteiger partial charge in [0.25, 0.3) is 5.56 Å². The molecule has 1 saturated heterocycles. The van der Waals surface area contributed by atoms with Gasteiger partial charge < -0.3 is 19.3 Å². The molecule has 0 radical (unpaired) electrons. The number of fused-ring (bicyclic) bond motifs is 1. The summed E-state index contributed by atoms with van der Waals surface area (Å²) < 4.78 is 7.42. The van der Waals surface area contributed by atoms with Crippen LogP contribution in [0, 0.1) is 0 Å². The van der Waals surface area contributed by atoms with Crippen LogP contribution >= 0.6 is 11.6 Å². The second-order valence-corrected chi connectivity index (χ2v) is 9.06. The fourth-order valence-corrected chi connectivity index (χ4v) is 4.08. The first-order chi connectivity index (χ1) is 14.1. The monoisotopic (exact) mass is 436 g/mol. The number of amides is 1. The topological polar surface area (TPSA) is 87.9 Å². The van der Waals surface area contributed by atoms with E-state index in [9.17, 15) is 14.7 Å². The van der Waals surface area contributed by atoms with Gasteiger partial charge in [-0.1, -0.05) is 11.6 Å². The molecule has 1 aliphatic heterocycles. The molecule has 0 aromatic carbocycles. The van der Waals surface area contributed by atoms with Gasteiger partial charge in [-0.3, -0.25) is 14.7 Å². The van der Waals surface area contributed by atoms with Crippen LogP contribution in [0.4, 0.5) is 4.79 Å². The molecule has 0 spiro atoms. The van der Waals surface area contributed by atoms with Gasteiger partial charge in [0.15, 0.2) is 0 Å². The molecule has 1 aliphatic rings. The maximum atomic E-state index is 12.1. The Morgan fingerprint density at radius 1 is 1.40 bits per heavy atom. The number of carboxylic acid groups (broad SMARTS) is 1. The summed E-state index contributed by atoms with van der Waals surface area (Å²) in [4.78, 5) is 31.7. The minimum absolute atomic E-state index is 0.102. The molecule has 30 heavy (non-hydrogen) atoms. The van der Waals surface area contributed by atoms with E-state index >= 15 is 0 Å². The first kappa shape index (κ1) is 22.5. The molecule has 1 fully saturated rings. The van der Waals surface area contributed by atoms with E-state index in [0.29, 0.717) is 31.1 Å². The zero-order valence-electron chi connectivity index (χ0n) is 17.9. The average molecular weight is 437 g/mol. The molecular weight excluding hydrogens is 408 g/mol. The summed E-state index contributed by atoms with van der Waals surface area (Å²) in [5.41, 5.74) is 1.79. The van der Waals surface area contributed by atoms with Crippen molar-refractivity contribution >= 4 is 28.7 Å². The number of halogens is 1. The van der Waals surface area contributed by atoms with Crippen molar-refractivity contribution in [2.45, 2.75) is 38.8 Å². The van der Waals surface area contributed by atoms with Gasteiger partial charge in [-0.25, -0.2) is 4.79 Å². The molecule has 9 heteroatoms.